The normalized spacial score (nSPS) is 10.0. The van der Waals surface area contributed by atoms with Crippen LogP contribution in [0.3, 0.4) is 0 Å². The predicted octanol–water partition coefficient (Wildman–Crippen LogP) is 1.63. The summed E-state index contributed by atoms with van der Waals surface area (Å²) < 4.78 is 5.03. The minimum absolute atomic E-state index is 0.0235. The molecule has 0 aromatic heterocycles. The van der Waals surface area contributed by atoms with Gasteiger partial charge < -0.3 is 25.2 Å². The molecule has 0 fully saturated rings. The fourth-order valence-electron chi connectivity index (χ4n) is 1.84. The zero-order valence-electron chi connectivity index (χ0n) is 12.1. The Balaban J connectivity index is 2.98. The van der Waals surface area contributed by atoms with Crippen LogP contribution in [-0.2, 0) is 0 Å². The largest absolute Gasteiger partial charge is 0.497 e. The molecule has 0 saturated carbocycles. The summed E-state index contributed by atoms with van der Waals surface area (Å²) in [5, 5.41) is 20.7. The molecule has 0 heterocycles. The number of anilines is 1. The van der Waals surface area contributed by atoms with Crippen molar-refractivity contribution in [3.05, 3.63) is 23.8 Å². The monoisotopic (exact) mass is 296 g/mol. The lowest BCUT2D eigenvalue weighted by Crippen LogP contribution is -2.37. The summed E-state index contributed by atoms with van der Waals surface area (Å²) in [6.07, 6.45) is 0.733. The molecule has 0 spiro atoms. The number of carboxylic acids is 1. The Labute approximate surface area is 123 Å². The number of urea groups is 1. The van der Waals surface area contributed by atoms with E-state index in [0.717, 1.165) is 6.42 Å². The number of hydrogen-bond acceptors (Lipinski definition) is 4. The number of aromatic carboxylic acids is 1. The van der Waals surface area contributed by atoms with Gasteiger partial charge in [-0.1, -0.05) is 6.92 Å². The molecule has 21 heavy (non-hydrogen) atoms. The van der Waals surface area contributed by atoms with Gasteiger partial charge in [0.15, 0.2) is 0 Å². The average Bonchev–Trinajstić information content (AvgIpc) is 2.46. The number of amides is 2. The van der Waals surface area contributed by atoms with Crippen molar-refractivity contribution >= 4 is 17.7 Å². The van der Waals surface area contributed by atoms with E-state index in [2.05, 4.69) is 5.32 Å². The van der Waals surface area contributed by atoms with Crippen LogP contribution >= 0.6 is 0 Å². The van der Waals surface area contributed by atoms with E-state index in [1.807, 2.05) is 6.92 Å². The predicted molar refractivity (Wildman–Crippen MR) is 77.9 cm³/mol. The van der Waals surface area contributed by atoms with Crippen LogP contribution in [0.4, 0.5) is 10.5 Å². The van der Waals surface area contributed by atoms with E-state index in [-0.39, 0.29) is 24.4 Å². The number of aliphatic hydroxyl groups is 1. The maximum atomic E-state index is 12.1. The van der Waals surface area contributed by atoms with Crippen molar-refractivity contribution in [3.8, 4) is 5.75 Å². The van der Waals surface area contributed by atoms with Gasteiger partial charge in [0.1, 0.15) is 5.75 Å². The van der Waals surface area contributed by atoms with Crippen LogP contribution in [-0.4, -0.2) is 53.9 Å². The molecule has 7 heteroatoms. The summed E-state index contributed by atoms with van der Waals surface area (Å²) in [4.78, 5) is 24.7. The van der Waals surface area contributed by atoms with Crippen LogP contribution in [0.1, 0.15) is 23.7 Å². The number of nitrogens with zero attached hydrogens (tertiary/aromatic N) is 1. The molecule has 3 N–H and O–H groups in total. The second-order valence-corrected chi connectivity index (χ2v) is 4.36. The second-order valence-electron chi connectivity index (χ2n) is 4.36. The van der Waals surface area contributed by atoms with Crippen LogP contribution in [0.5, 0.6) is 5.75 Å². The van der Waals surface area contributed by atoms with E-state index in [9.17, 15) is 9.59 Å². The maximum absolute atomic E-state index is 12.1. The number of aliphatic hydroxyl groups excluding tert-OH is 1. The molecule has 7 nitrogen and oxygen atoms in total. The molecule has 1 aromatic rings. The third-order valence-electron chi connectivity index (χ3n) is 2.85. The SMILES string of the molecule is CCCN(CCO)C(=O)Nc1cc(OC)ccc1C(=O)O. The lowest BCUT2D eigenvalue weighted by molar-refractivity contribution is 0.0698. The van der Waals surface area contributed by atoms with Crippen LogP contribution < -0.4 is 10.1 Å². The van der Waals surface area contributed by atoms with Gasteiger partial charge in [-0.25, -0.2) is 9.59 Å². The second kappa shape index (κ2) is 8.11. The van der Waals surface area contributed by atoms with E-state index >= 15 is 0 Å². The van der Waals surface area contributed by atoms with E-state index in [0.29, 0.717) is 12.3 Å². The lowest BCUT2D eigenvalue weighted by Gasteiger charge is -2.22. The number of benzene rings is 1. The molecule has 0 radical (unpaired) electrons. The van der Waals surface area contributed by atoms with Crippen molar-refractivity contribution in [3.63, 3.8) is 0 Å². The Bertz CT molecular complexity index is 498. The highest BCUT2D eigenvalue weighted by Crippen LogP contribution is 2.23. The first-order valence-electron chi connectivity index (χ1n) is 6.61. The van der Waals surface area contributed by atoms with Crippen molar-refractivity contribution < 1.29 is 24.5 Å². The van der Waals surface area contributed by atoms with Gasteiger partial charge in [-0.05, 0) is 18.6 Å². The Kier molecular flexibility index (Phi) is 6.48. The summed E-state index contributed by atoms with van der Waals surface area (Å²) in [5.74, 6) is -0.698. The minimum atomic E-state index is -1.14. The lowest BCUT2D eigenvalue weighted by atomic mass is 10.1. The summed E-state index contributed by atoms with van der Waals surface area (Å²) in [6.45, 7) is 2.41. The summed E-state index contributed by atoms with van der Waals surface area (Å²) in [6, 6.07) is 3.87. The summed E-state index contributed by atoms with van der Waals surface area (Å²) in [5.41, 5.74) is 0.135. The molecule has 0 atom stereocenters. The first-order valence-corrected chi connectivity index (χ1v) is 6.61. The topological polar surface area (TPSA) is 99.1 Å². The first-order chi connectivity index (χ1) is 10.0. The average molecular weight is 296 g/mol. The number of carbonyl (C=O) groups excluding carboxylic acids is 1. The highest BCUT2D eigenvalue weighted by Gasteiger charge is 2.17. The number of nitrogens with one attached hydrogen (secondary N) is 1. The van der Waals surface area contributed by atoms with E-state index in [1.165, 1.54) is 30.2 Å². The first kappa shape index (κ1) is 16.8. The van der Waals surface area contributed by atoms with Crippen molar-refractivity contribution in [2.75, 3.05) is 32.1 Å². The van der Waals surface area contributed by atoms with Crippen molar-refractivity contribution in [2.45, 2.75) is 13.3 Å². The molecule has 0 aliphatic carbocycles. The van der Waals surface area contributed by atoms with Gasteiger partial charge in [-0.2, -0.15) is 0 Å². The van der Waals surface area contributed by atoms with Crippen molar-refractivity contribution in [1.82, 2.24) is 4.90 Å². The fourth-order valence-corrected chi connectivity index (χ4v) is 1.84. The van der Waals surface area contributed by atoms with Gasteiger partial charge in [0, 0.05) is 19.2 Å². The summed E-state index contributed by atoms with van der Waals surface area (Å²) >= 11 is 0. The molecular formula is C14H20N2O5. The fraction of sp³-hybridized carbons (Fsp3) is 0.429. The van der Waals surface area contributed by atoms with Crippen molar-refractivity contribution in [1.29, 1.82) is 0 Å². The molecule has 1 rings (SSSR count). The van der Waals surface area contributed by atoms with E-state index in [4.69, 9.17) is 14.9 Å². The molecular weight excluding hydrogens is 276 g/mol. The number of hydrogen-bond donors (Lipinski definition) is 3. The number of carbonyl (C=O) groups is 2. The van der Waals surface area contributed by atoms with Gasteiger partial charge in [0.2, 0.25) is 0 Å². The van der Waals surface area contributed by atoms with E-state index in [1.54, 1.807) is 0 Å². The third-order valence-corrected chi connectivity index (χ3v) is 2.85. The van der Waals surface area contributed by atoms with Gasteiger partial charge in [-0.15, -0.1) is 0 Å². The molecule has 0 saturated heterocycles. The van der Waals surface area contributed by atoms with Gasteiger partial charge in [0.25, 0.3) is 0 Å². The van der Waals surface area contributed by atoms with Crippen LogP contribution in [0.25, 0.3) is 0 Å². The molecule has 0 aliphatic rings. The molecule has 2 amide bonds. The Morgan fingerprint density at radius 2 is 2.05 bits per heavy atom. The van der Waals surface area contributed by atoms with Crippen LogP contribution in [0, 0.1) is 0 Å². The molecule has 0 bridgehead atoms. The van der Waals surface area contributed by atoms with Crippen LogP contribution in [0.2, 0.25) is 0 Å². The Morgan fingerprint density at radius 3 is 2.57 bits per heavy atom. The number of rotatable bonds is 7. The quantitative estimate of drug-likeness (QED) is 0.710. The zero-order valence-corrected chi connectivity index (χ0v) is 12.1. The molecule has 0 unspecified atom stereocenters. The van der Waals surface area contributed by atoms with Gasteiger partial charge >= 0.3 is 12.0 Å². The highest BCUT2D eigenvalue weighted by molar-refractivity contribution is 6.00. The number of ether oxygens (including phenoxy) is 1. The smallest absolute Gasteiger partial charge is 0.337 e. The van der Waals surface area contributed by atoms with Crippen molar-refractivity contribution in [2.24, 2.45) is 0 Å². The number of carboxylic acid groups (broad SMARTS) is 1. The Hall–Kier alpha value is -2.28. The zero-order chi connectivity index (χ0) is 15.8. The summed E-state index contributed by atoms with van der Waals surface area (Å²) in [7, 11) is 1.45. The minimum Gasteiger partial charge on any atom is -0.497 e. The number of methoxy groups -OCH3 is 1. The van der Waals surface area contributed by atoms with Gasteiger partial charge in [-0.3, -0.25) is 0 Å². The van der Waals surface area contributed by atoms with Gasteiger partial charge in [0.05, 0.1) is 25.0 Å². The maximum Gasteiger partial charge on any atom is 0.337 e. The molecule has 0 aliphatic heterocycles. The standard InChI is InChI=1S/C14H20N2O5/c1-3-6-16(7-8-17)14(20)15-12-9-10(21-2)4-5-11(12)13(18)19/h4-5,9,17H,3,6-8H2,1-2H3,(H,15,20)(H,18,19). The molecule has 1 aromatic carbocycles. The van der Waals surface area contributed by atoms with Crippen LogP contribution in [0.15, 0.2) is 18.2 Å². The Morgan fingerprint density at radius 1 is 1.33 bits per heavy atom. The van der Waals surface area contributed by atoms with E-state index < -0.39 is 12.0 Å². The molecule has 116 valence electrons. The third kappa shape index (κ3) is 4.64. The highest BCUT2D eigenvalue weighted by atomic mass is 16.5.